The molecular weight excluding hydrogens is 232 g/mol. The van der Waals surface area contributed by atoms with Gasteiger partial charge in [-0.2, -0.15) is 11.8 Å². The molecule has 1 aromatic rings. The fraction of sp³-hybridized carbons (Fsp3) is 0.667. The average molecular weight is 252 g/mol. The van der Waals surface area contributed by atoms with Crippen molar-refractivity contribution in [3.8, 4) is 0 Å². The predicted octanol–water partition coefficient (Wildman–Crippen LogP) is 2.32. The van der Waals surface area contributed by atoms with Crippen LogP contribution in [0.3, 0.4) is 0 Å². The number of aromatic nitrogens is 2. The first-order chi connectivity index (χ1) is 8.21. The predicted molar refractivity (Wildman–Crippen MR) is 74.4 cm³/mol. The molecule has 0 aromatic carbocycles. The summed E-state index contributed by atoms with van der Waals surface area (Å²) in [6, 6.07) is 0. The third-order valence-electron chi connectivity index (χ3n) is 3.61. The van der Waals surface area contributed by atoms with Gasteiger partial charge < -0.3 is 11.1 Å². The van der Waals surface area contributed by atoms with Gasteiger partial charge in [0.15, 0.2) is 0 Å². The van der Waals surface area contributed by atoms with Crippen LogP contribution in [0, 0.1) is 0 Å². The second kappa shape index (κ2) is 5.12. The molecule has 4 nitrogen and oxygen atoms in total. The molecule has 1 aliphatic rings. The summed E-state index contributed by atoms with van der Waals surface area (Å²) in [6.45, 7) is 3.05. The summed E-state index contributed by atoms with van der Waals surface area (Å²) in [4.78, 5) is 8.33. The van der Waals surface area contributed by atoms with Crippen LogP contribution in [0.25, 0.3) is 0 Å². The molecule has 0 radical (unpaired) electrons. The van der Waals surface area contributed by atoms with Crippen molar-refractivity contribution < 1.29 is 0 Å². The Morgan fingerprint density at radius 3 is 2.76 bits per heavy atom. The molecule has 2 rings (SSSR count). The van der Waals surface area contributed by atoms with Crippen LogP contribution < -0.4 is 11.1 Å². The van der Waals surface area contributed by atoms with Gasteiger partial charge in [0.05, 0.1) is 0 Å². The lowest BCUT2D eigenvalue weighted by molar-refractivity contribution is 0.379. The first kappa shape index (κ1) is 12.5. The summed E-state index contributed by atoms with van der Waals surface area (Å²) < 4.78 is 0.407. The van der Waals surface area contributed by atoms with Gasteiger partial charge in [-0.25, -0.2) is 9.97 Å². The van der Waals surface area contributed by atoms with Crippen molar-refractivity contribution in [3.05, 3.63) is 11.9 Å². The lowest BCUT2D eigenvalue weighted by Crippen LogP contribution is -2.40. The lowest BCUT2D eigenvalue weighted by Gasteiger charge is -2.40. The number of nitrogens with one attached hydrogen (secondary N) is 1. The standard InChI is InChI=1S/C12H20N4S/c1-3-9-10(13)15-8-16-11(9)14-7-12(17-2)5-4-6-12/h8H,3-7H2,1-2H3,(H3,13,14,15,16). The lowest BCUT2D eigenvalue weighted by atomic mass is 9.84. The fourth-order valence-electron chi connectivity index (χ4n) is 2.20. The van der Waals surface area contributed by atoms with Gasteiger partial charge in [0, 0.05) is 16.9 Å². The van der Waals surface area contributed by atoms with E-state index in [9.17, 15) is 0 Å². The summed E-state index contributed by atoms with van der Waals surface area (Å²) in [6.07, 6.45) is 8.52. The zero-order chi connectivity index (χ0) is 12.3. The number of thioether (sulfide) groups is 1. The van der Waals surface area contributed by atoms with Gasteiger partial charge >= 0.3 is 0 Å². The minimum absolute atomic E-state index is 0.407. The molecule has 3 N–H and O–H groups in total. The van der Waals surface area contributed by atoms with E-state index in [-0.39, 0.29) is 0 Å². The van der Waals surface area contributed by atoms with Crippen molar-refractivity contribution >= 4 is 23.4 Å². The van der Waals surface area contributed by atoms with E-state index in [1.807, 2.05) is 11.8 Å². The van der Waals surface area contributed by atoms with Crippen LogP contribution in [-0.4, -0.2) is 27.5 Å². The molecular formula is C12H20N4S. The number of hydrogen-bond acceptors (Lipinski definition) is 5. The molecule has 0 saturated heterocycles. The maximum Gasteiger partial charge on any atom is 0.134 e. The largest absolute Gasteiger partial charge is 0.383 e. The highest BCUT2D eigenvalue weighted by molar-refractivity contribution is 8.00. The maximum absolute atomic E-state index is 5.85. The Hall–Kier alpha value is -0.970. The number of hydrogen-bond donors (Lipinski definition) is 2. The summed E-state index contributed by atoms with van der Waals surface area (Å²) in [5.41, 5.74) is 6.88. The Bertz CT molecular complexity index is 385. The number of rotatable bonds is 5. The van der Waals surface area contributed by atoms with Crippen LogP contribution in [0.4, 0.5) is 11.6 Å². The minimum Gasteiger partial charge on any atom is -0.383 e. The minimum atomic E-state index is 0.407. The van der Waals surface area contributed by atoms with Crippen molar-refractivity contribution in [1.29, 1.82) is 0 Å². The van der Waals surface area contributed by atoms with E-state index in [4.69, 9.17) is 5.73 Å². The fourth-order valence-corrected chi connectivity index (χ4v) is 3.11. The number of anilines is 2. The van der Waals surface area contributed by atoms with Crippen molar-refractivity contribution in [1.82, 2.24) is 9.97 Å². The van der Waals surface area contributed by atoms with E-state index in [2.05, 4.69) is 28.5 Å². The third kappa shape index (κ3) is 2.49. The van der Waals surface area contributed by atoms with E-state index in [1.54, 1.807) is 0 Å². The van der Waals surface area contributed by atoms with Gasteiger partial charge in [-0.1, -0.05) is 13.3 Å². The molecule has 1 heterocycles. The Balaban J connectivity index is 2.06. The van der Waals surface area contributed by atoms with Gasteiger partial charge in [-0.05, 0) is 25.5 Å². The number of nitrogen functional groups attached to an aromatic ring is 1. The molecule has 1 saturated carbocycles. The zero-order valence-corrected chi connectivity index (χ0v) is 11.3. The van der Waals surface area contributed by atoms with Crippen LogP contribution in [-0.2, 0) is 6.42 Å². The quantitative estimate of drug-likeness (QED) is 0.842. The number of nitrogens with two attached hydrogens (primary N) is 1. The van der Waals surface area contributed by atoms with Crippen LogP contribution >= 0.6 is 11.8 Å². The molecule has 5 heteroatoms. The molecule has 1 aliphatic carbocycles. The number of nitrogens with zero attached hydrogens (tertiary/aromatic N) is 2. The van der Waals surface area contributed by atoms with E-state index >= 15 is 0 Å². The summed E-state index contributed by atoms with van der Waals surface area (Å²) in [7, 11) is 0. The molecule has 0 bridgehead atoms. The van der Waals surface area contributed by atoms with Crippen molar-refractivity contribution in [2.75, 3.05) is 23.9 Å². The third-order valence-corrected chi connectivity index (χ3v) is 5.03. The normalized spacial score (nSPS) is 17.5. The van der Waals surface area contributed by atoms with Crippen molar-refractivity contribution in [3.63, 3.8) is 0 Å². The Morgan fingerprint density at radius 1 is 1.47 bits per heavy atom. The Kier molecular flexibility index (Phi) is 3.76. The molecule has 1 fully saturated rings. The second-order valence-corrected chi connectivity index (χ2v) is 5.81. The van der Waals surface area contributed by atoms with Crippen LogP contribution in [0.1, 0.15) is 31.7 Å². The summed E-state index contributed by atoms with van der Waals surface area (Å²) in [5, 5.41) is 3.45. The monoisotopic (exact) mass is 252 g/mol. The van der Waals surface area contributed by atoms with E-state index in [0.717, 1.165) is 24.3 Å². The van der Waals surface area contributed by atoms with Gasteiger partial charge in [0.1, 0.15) is 18.0 Å². The first-order valence-corrected chi connectivity index (χ1v) is 7.31. The summed E-state index contributed by atoms with van der Waals surface area (Å²) >= 11 is 1.96. The topological polar surface area (TPSA) is 63.8 Å². The molecule has 94 valence electrons. The summed E-state index contributed by atoms with van der Waals surface area (Å²) in [5.74, 6) is 1.50. The molecule has 1 aromatic heterocycles. The van der Waals surface area contributed by atoms with E-state index < -0.39 is 0 Å². The van der Waals surface area contributed by atoms with Crippen LogP contribution in [0.2, 0.25) is 0 Å². The maximum atomic E-state index is 5.85. The molecule has 0 unspecified atom stereocenters. The molecule has 0 spiro atoms. The van der Waals surface area contributed by atoms with Gasteiger partial charge in [0.2, 0.25) is 0 Å². The Labute approximate surface area is 107 Å². The molecule has 17 heavy (non-hydrogen) atoms. The van der Waals surface area contributed by atoms with Gasteiger partial charge in [-0.3, -0.25) is 0 Å². The molecule has 0 aliphatic heterocycles. The average Bonchev–Trinajstić information content (AvgIpc) is 2.28. The van der Waals surface area contributed by atoms with E-state index in [1.165, 1.54) is 25.6 Å². The van der Waals surface area contributed by atoms with Gasteiger partial charge in [0.25, 0.3) is 0 Å². The van der Waals surface area contributed by atoms with Crippen LogP contribution in [0.5, 0.6) is 0 Å². The highest BCUT2D eigenvalue weighted by Gasteiger charge is 2.36. The highest BCUT2D eigenvalue weighted by atomic mass is 32.2. The highest BCUT2D eigenvalue weighted by Crippen LogP contribution is 2.42. The molecule has 0 atom stereocenters. The smallest absolute Gasteiger partial charge is 0.134 e. The SMILES string of the molecule is CCc1c(N)ncnc1NCC1(SC)CCC1. The Morgan fingerprint density at radius 2 is 2.24 bits per heavy atom. The zero-order valence-electron chi connectivity index (χ0n) is 10.5. The van der Waals surface area contributed by atoms with Gasteiger partial charge in [-0.15, -0.1) is 0 Å². The van der Waals surface area contributed by atoms with Crippen molar-refractivity contribution in [2.24, 2.45) is 0 Å². The van der Waals surface area contributed by atoms with E-state index in [0.29, 0.717) is 10.6 Å². The second-order valence-electron chi connectivity index (χ2n) is 4.53. The van der Waals surface area contributed by atoms with Crippen molar-refractivity contribution in [2.45, 2.75) is 37.4 Å². The first-order valence-electron chi connectivity index (χ1n) is 6.09. The molecule has 0 amide bonds. The van der Waals surface area contributed by atoms with Crippen LogP contribution in [0.15, 0.2) is 6.33 Å².